The van der Waals surface area contributed by atoms with Crippen molar-refractivity contribution in [1.29, 1.82) is 0 Å². The minimum Gasteiger partial charge on any atom is -0.353 e. The van der Waals surface area contributed by atoms with Gasteiger partial charge in [-0.25, -0.2) is 4.98 Å². The molecule has 1 aliphatic heterocycles. The fourth-order valence-electron chi connectivity index (χ4n) is 2.94. The monoisotopic (exact) mass is 325 g/mol. The van der Waals surface area contributed by atoms with Gasteiger partial charge in [0.2, 0.25) is 5.91 Å². The first-order chi connectivity index (χ1) is 11.6. The van der Waals surface area contributed by atoms with Crippen molar-refractivity contribution in [2.45, 2.75) is 13.8 Å². The van der Waals surface area contributed by atoms with Gasteiger partial charge >= 0.3 is 0 Å². The molecule has 3 rings (SSSR count). The van der Waals surface area contributed by atoms with Crippen LogP contribution in [0.2, 0.25) is 0 Å². The van der Waals surface area contributed by atoms with Gasteiger partial charge in [0.15, 0.2) is 0 Å². The third-order valence-electron chi connectivity index (χ3n) is 4.27. The third kappa shape index (κ3) is 4.08. The standard InChI is InChI=1S/C18H23N5O/c1-14-3-4-16(15(2)11-14)21-18(24)13-22-7-9-23(10-8-22)17-12-19-5-6-20-17/h3-6,11-12H,7-10,13H2,1-2H3,(H,21,24). The topological polar surface area (TPSA) is 61.4 Å². The summed E-state index contributed by atoms with van der Waals surface area (Å²) in [6.07, 6.45) is 5.17. The van der Waals surface area contributed by atoms with Crippen LogP contribution in [0.25, 0.3) is 0 Å². The summed E-state index contributed by atoms with van der Waals surface area (Å²) in [5.74, 6) is 0.937. The molecule has 6 heteroatoms. The molecule has 1 saturated heterocycles. The number of nitrogens with zero attached hydrogens (tertiary/aromatic N) is 4. The molecule has 1 aromatic heterocycles. The Hall–Kier alpha value is -2.47. The van der Waals surface area contributed by atoms with Gasteiger partial charge < -0.3 is 10.2 Å². The molecule has 1 fully saturated rings. The van der Waals surface area contributed by atoms with Gasteiger partial charge in [-0.05, 0) is 25.5 Å². The number of rotatable bonds is 4. The molecule has 0 bridgehead atoms. The minimum absolute atomic E-state index is 0.0369. The van der Waals surface area contributed by atoms with Crippen molar-refractivity contribution < 1.29 is 4.79 Å². The van der Waals surface area contributed by atoms with E-state index in [9.17, 15) is 4.79 Å². The number of piperazine rings is 1. The Morgan fingerprint density at radius 1 is 1.17 bits per heavy atom. The normalized spacial score (nSPS) is 15.3. The van der Waals surface area contributed by atoms with Gasteiger partial charge in [0.1, 0.15) is 5.82 Å². The second-order valence-electron chi connectivity index (χ2n) is 6.19. The van der Waals surface area contributed by atoms with Gasteiger partial charge in [-0.2, -0.15) is 0 Å². The van der Waals surface area contributed by atoms with Gasteiger partial charge in [-0.1, -0.05) is 17.7 Å². The van der Waals surface area contributed by atoms with Crippen LogP contribution in [0.5, 0.6) is 0 Å². The van der Waals surface area contributed by atoms with Crippen LogP contribution in [0.4, 0.5) is 11.5 Å². The van der Waals surface area contributed by atoms with Gasteiger partial charge in [-0.3, -0.25) is 14.7 Å². The zero-order valence-electron chi connectivity index (χ0n) is 14.2. The number of nitrogens with one attached hydrogen (secondary N) is 1. The Morgan fingerprint density at radius 2 is 1.96 bits per heavy atom. The smallest absolute Gasteiger partial charge is 0.238 e. The maximum absolute atomic E-state index is 12.3. The zero-order chi connectivity index (χ0) is 16.9. The Kier molecular flexibility index (Phi) is 5.05. The molecule has 1 aromatic carbocycles. The van der Waals surface area contributed by atoms with Gasteiger partial charge in [-0.15, -0.1) is 0 Å². The van der Waals surface area contributed by atoms with Crippen LogP contribution >= 0.6 is 0 Å². The number of anilines is 2. The second-order valence-corrected chi connectivity index (χ2v) is 6.19. The number of aryl methyl sites for hydroxylation is 2. The van der Waals surface area contributed by atoms with Crippen LogP contribution in [0, 0.1) is 13.8 Å². The van der Waals surface area contributed by atoms with E-state index >= 15 is 0 Å². The van der Waals surface area contributed by atoms with Gasteiger partial charge in [0.05, 0.1) is 12.7 Å². The lowest BCUT2D eigenvalue weighted by Gasteiger charge is -2.34. The Bertz CT molecular complexity index is 696. The van der Waals surface area contributed by atoms with Crippen molar-refractivity contribution in [2.75, 3.05) is 42.9 Å². The van der Waals surface area contributed by atoms with E-state index in [-0.39, 0.29) is 5.91 Å². The summed E-state index contributed by atoms with van der Waals surface area (Å²) in [5.41, 5.74) is 3.19. The SMILES string of the molecule is Cc1ccc(NC(=O)CN2CCN(c3cnccn3)CC2)c(C)c1. The van der Waals surface area contributed by atoms with Crippen LogP contribution in [-0.2, 0) is 4.79 Å². The highest BCUT2D eigenvalue weighted by atomic mass is 16.2. The van der Waals surface area contributed by atoms with Crippen molar-refractivity contribution >= 4 is 17.4 Å². The first kappa shape index (κ1) is 16.4. The molecule has 6 nitrogen and oxygen atoms in total. The average Bonchev–Trinajstić information content (AvgIpc) is 2.59. The summed E-state index contributed by atoms with van der Waals surface area (Å²) in [6, 6.07) is 6.06. The molecule has 126 valence electrons. The highest BCUT2D eigenvalue weighted by Crippen LogP contribution is 2.16. The molecule has 0 atom stereocenters. The molecule has 0 unspecified atom stereocenters. The van der Waals surface area contributed by atoms with E-state index in [1.165, 1.54) is 5.56 Å². The summed E-state index contributed by atoms with van der Waals surface area (Å²) >= 11 is 0. The fourth-order valence-corrected chi connectivity index (χ4v) is 2.94. The lowest BCUT2D eigenvalue weighted by Crippen LogP contribution is -2.49. The minimum atomic E-state index is 0.0369. The molecule has 0 spiro atoms. The average molecular weight is 325 g/mol. The fraction of sp³-hybridized carbons (Fsp3) is 0.389. The van der Waals surface area contributed by atoms with E-state index < -0.39 is 0 Å². The van der Waals surface area contributed by atoms with E-state index in [4.69, 9.17) is 0 Å². The van der Waals surface area contributed by atoms with Gasteiger partial charge in [0.25, 0.3) is 0 Å². The lowest BCUT2D eigenvalue weighted by atomic mass is 10.1. The van der Waals surface area contributed by atoms with E-state index in [0.717, 1.165) is 43.2 Å². The Balaban J connectivity index is 1.50. The Morgan fingerprint density at radius 3 is 2.62 bits per heavy atom. The maximum Gasteiger partial charge on any atom is 0.238 e. The maximum atomic E-state index is 12.3. The number of carbonyl (C=O) groups excluding carboxylic acids is 1. The van der Waals surface area contributed by atoms with Crippen molar-refractivity contribution in [1.82, 2.24) is 14.9 Å². The summed E-state index contributed by atoms with van der Waals surface area (Å²) in [4.78, 5) is 25.1. The Labute approximate surface area is 142 Å². The molecular formula is C18H23N5O. The van der Waals surface area contributed by atoms with Crippen LogP contribution in [0.3, 0.4) is 0 Å². The first-order valence-electron chi connectivity index (χ1n) is 8.22. The molecular weight excluding hydrogens is 302 g/mol. The van der Waals surface area contributed by atoms with Crippen LogP contribution < -0.4 is 10.2 Å². The molecule has 2 heterocycles. The molecule has 2 aromatic rings. The molecule has 24 heavy (non-hydrogen) atoms. The highest BCUT2D eigenvalue weighted by molar-refractivity contribution is 5.93. The summed E-state index contributed by atoms with van der Waals surface area (Å²) in [5, 5.41) is 3.01. The third-order valence-corrected chi connectivity index (χ3v) is 4.27. The number of hydrogen-bond acceptors (Lipinski definition) is 5. The molecule has 0 aliphatic carbocycles. The summed E-state index contributed by atoms with van der Waals surface area (Å²) in [6.45, 7) is 7.89. The summed E-state index contributed by atoms with van der Waals surface area (Å²) in [7, 11) is 0. The first-order valence-corrected chi connectivity index (χ1v) is 8.22. The molecule has 1 N–H and O–H groups in total. The largest absolute Gasteiger partial charge is 0.353 e. The van der Waals surface area contributed by atoms with Gasteiger partial charge in [0, 0.05) is 44.3 Å². The second kappa shape index (κ2) is 7.40. The highest BCUT2D eigenvalue weighted by Gasteiger charge is 2.20. The van der Waals surface area contributed by atoms with Crippen molar-refractivity contribution in [2.24, 2.45) is 0 Å². The lowest BCUT2D eigenvalue weighted by molar-refractivity contribution is -0.117. The quantitative estimate of drug-likeness (QED) is 0.930. The number of hydrogen-bond donors (Lipinski definition) is 1. The van der Waals surface area contributed by atoms with E-state index in [0.29, 0.717) is 6.54 Å². The molecule has 0 radical (unpaired) electrons. The zero-order valence-corrected chi connectivity index (χ0v) is 14.2. The summed E-state index contributed by atoms with van der Waals surface area (Å²) < 4.78 is 0. The number of benzene rings is 1. The predicted molar refractivity (Wildman–Crippen MR) is 95.2 cm³/mol. The van der Waals surface area contributed by atoms with E-state index in [2.05, 4.69) is 38.1 Å². The predicted octanol–water partition coefficient (Wildman–Crippen LogP) is 1.85. The van der Waals surface area contributed by atoms with Crippen LogP contribution in [0.1, 0.15) is 11.1 Å². The molecule has 1 amide bonds. The van der Waals surface area contributed by atoms with E-state index in [1.807, 2.05) is 19.1 Å². The van der Waals surface area contributed by atoms with Crippen molar-refractivity contribution in [3.05, 3.63) is 47.9 Å². The number of amides is 1. The van der Waals surface area contributed by atoms with Crippen LogP contribution in [-0.4, -0.2) is 53.5 Å². The van der Waals surface area contributed by atoms with Crippen molar-refractivity contribution in [3.63, 3.8) is 0 Å². The molecule has 1 aliphatic rings. The van der Waals surface area contributed by atoms with E-state index in [1.54, 1.807) is 18.6 Å². The molecule has 0 saturated carbocycles. The van der Waals surface area contributed by atoms with Crippen LogP contribution in [0.15, 0.2) is 36.8 Å². The number of carbonyl (C=O) groups is 1. The number of aromatic nitrogens is 2. The van der Waals surface area contributed by atoms with Crippen molar-refractivity contribution in [3.8, 4) is 0 Å².